The third-order valence-electron chi connectivity index (χ3n) is 2.52. The zero-order valence-electron chi connectivity index (χ0n) is 9.57. The molecule has 16 heavy (non-hydrogen) atoms. The Bertz CT molecular complexity index is 453. The van der Waals surface area contributed by atoms with Crippen molar-refractivity contribution in [2.45, 2.75) is 11.8 Å². The van der Waals surface area contributed by atoms with Gasteiger partial charge in [-0.15, -0.1) is 11.8 Å². The summed E-state index contributed by atoms with van der Waals surface area (Å²) in [4.78, 5) is 1.36. The van der Waals surface area contributed by atoms with Gasteiger partial charge in [0, 0.05) is 17.2 Å². The number of rotatable bonds is 5. The maximum absolute atomic E-state index is 3.33. The highest BCUT2D eigenvalue weighted by molar-refractivity contribution is 7.99. The monoisotopic (exact) mass is 231 g/mol. The van der Waals surface area contributed by atoms with E-state index < -0.39 is 0 Å². The summed E-state index contributed by atoms with van der Waals surface area (Å²) in [6.45, 7) is 4.27. The Labute approximate surface area is 101 Å². The van der Waals surface area contributed by atoms with Gasteiger partial charge < -0.3 is 5.32 Å². The van der Waals surface area contributed by atoms with Crippen molar-refractivity contribution in [1.29, 1.82) is 0 Å². The molecule has 0 aliphatic carbocycles. The number of benzene rings is 2. The van der Waals surface area contributed by atoms with Gasteiger partial charge in [0.05, 0.1) is 0 Å². The van der Waals surface area contributed by atoms with Crippen molar-refractivity contribution in [3.8, 4) is 0 Å². The molecule has 0 amide bonds. The van der Waals surface area contributed by atoms with Crippen LogP contribution >= 0.6 is 11.8 Å². The first kappa shape index (κ1) is 11.5. The van der Waals surface area contributed by atoms with Crippen LogP contribution in [0.2, 0.25) is 0 Å². The second-order valence-corrected chi connectivity index (χ2v) is 4.88. The van der Waals surface area contributed by atoms with Crippen molar-refractivity contribution in [2.24, 2.45) is 0 Å². The van der Waals surface area contributed by atoms with Crippen LogP contribution in [0.15, 0.2) is 47.4 Å². The molecule has 84 valence electrons. The lowest BCUT2D eigenvalue weighted by molar-refractivity contribution is 0.768. The molecule has 0 radical (unpaired) electrons. The predicted molar refractivity (Wildman–Crippen MR) is 73.2 cm³/mol. The van der Waals surface area contributed by atoms with Gasteiger partial charge in [-0.1, -0.05) is 37.3 Å². The first-order valence-electron chi connectivity index (χ1n) is 5.72. The standard InChI is InChI=1S/C14H17NS/c1-2-15-9-10-16-14-8-7-12-5-3-4-6-13(12)11-14/h3-8,11,15H,2,9-10H2,1H3. The number of fused-ring (bicyclic) bond motifs is 1. The van der Waals surface area contributed by atoms with Crippen LogP contribution in [0, 0.1) is 0 Å². The van der Waals surface area contributed by atoms with Crippen LogP contribution in [0.5, 0.6) is 0 Å². The molecule has 0 spiro atoms. The largest absolute Gasteiger partial charge is 0.316 e. The second-order valence-electron chi connectivity index (χ2n) is 3.71. The molecule has 0 aromatic heterocycles. The average Bonchev–Trinajstić information content (AvgIpc) is 2.34. The van der Waals surface area contributed by atoms with Crippen molar-refractivity contribution in [2.75, 3.05) is 18.8 Å². The van der Waals surface area contributed by atoms with Crippen molar-refractivity contribution in [3.63, 3.8) is 0 Å². The normalized spacial score (nSPS) is 10.8. The summed E-state index contributed by atoms with van der Waals surface area (Å²) in [6, 6.07) is 15.2. The van der Waals surface area contributed by atoms with E-state index in [4.69, 9.17) is 0 Å². The number of nitrogens with one attached hydrogen (secondary N) is 1. The van der Waals surface area contributed by atoms with Crippen LogP contribution in [0.3, 0.4) is 0 Å². The highest BCUT2D eigenvalue weighted by Crippen LogP contribution is 2.23. The Morgan fingerprint density at radius 3 is 2.69 bits per heavy atom. The lowest BCUT2D eigenvalue weighted by atomic mass is 10.1. The van der Waals surface area contributed by atoms with Gasteiger partial charge in [0.2, 0.25) is 0 Å². The molecule has 2 aromatic carbocycles. The summed E-state index contributed by atoms with van der Waals surface area (Å²) >= 11 is 1.91. The van der Waals surface area contributed by atoms with Crippen LogP contribution in [0.4, 0.5) is 0 Å². The fourth-order valence-electron chi connectivity index (χ4n) is 1.68. The van der Waals surface area contributed by atoms with E-state index in [-0.39, 0.29) is 0 Å². The highest BCUT2D eigenvalue weighted by Gasteiger charge is 1.96. The molecular formula is C14H17NS. The summed E-state index contributed by atoms with van der Waals surface area (Å²) in [6.07, 6.45) is 0. The maximum atomic E-state index is 3.33. The molecule has 0 saturated carbocycles. The molecule has 0 aliphatic rings. The topological polar surface area (TPSA) is 12.0 Å². The summed E-state index contributed by atoms with van der Waals surface area (Å²) in [5.74, 6) is 1.13. The van der Waals surface area contributed by atoms with Crippen LogP contribution in [-0.2, 0) is 0 Å². The second kappa shape index (κ2) is 5.92. The minimum absolute atomic E-state index is 1.05. The zero-order chi connectivity index (χ0) is 11.2. The van der Waals surface area contributed by atoms with Gasteiger partial charge >= 0.3 is 0 Å². The summed E-state index contributed by atoms with van der Waals surface area (Å²) in [7, 11) is 0. The zero-order valence-corrected chi connectivity index (χ0v) is 10.4. The minimum atomic E-state index is 1.05. The van der Waals surface area contributed by atoms with E-state index in [9.17, 15) is 0 Å². The quantitative estimate of drug-likeness (QED) is 0.624. The third-order valence-corrected chi connectivity index (χ3v) is 3.51. The van der Waals surface area contributed by atoms with Gasteiger partial charge in [0.15, 0.2) is 0 Å². The van der Waals surface area contributed by atoms with Gasteiger partial charge in [-0.2, -0.15) is 0 Å². The minimum Gasteiger partial charge on any atom is -0.316 e. The van der Waals surface area contributed by atoms with E-state index in [0.717, 1.165) is 18.8 Å². The lowest BCUT2D eigenvalue weighted by Crippen LogP contribution is -2.15. The van der Waals surface area contributed by atoms with Gasteiger partial charge in [-0.25, -0.2) is 0 Å². The summed E-state index contributed by atoms with van der Waals surface area (Å²) in [5.41, 5.74) is 0. The smallest absolute Gasteiger partial charge is 0.0106 e. The molecule has 2 heteroatoms. The van der Waals surface area contributed by atoms with Gasteiger partial charge in [0.25, 0.3) is 0 Å². The van der Waals surface area contributed by atoms with Crippen LogP contribution < -0.4 is 5.32 Å². The molecule has 0 atom stereocenters. The van der Waals surface area contributed by atoms with Crippen molar-refractivity contribution < 1.29 is 0 Å². The Morgan fingerprint density at radius 1 is 1.06 bits per heavy atom. The Balaban J connectivity index is 2.02. The molecule has 1 nitrogen and oxygen atoms in total. The SMILES string of the molecule is CCNCCSc1ccc2ccccc2c1. The molecule has 0 bridgehead atoms. The third kappa shape index (κ3) is 3.00. The highest BCUT2D eigenvalue weighted by atomic mass is 32.2. The fourth-order valence-corrected chi connectivity index (χ4v) is 2.53. The molecule has 0 saturated heterocycles. The van der Waals surface area contributed by atoms with E-state index in [2.05, 4.69) is 54.7 Å². The van der Waals surface area contributed by atoms with Crippen LogP contribution in [0.25, 0.3) is 10.8 Å². The molecule has 0 fully saturated rings. The van der Waals surface area contributed by atoms with Gasteiger partial charge in [-0.05, 0) is 29.4 Å². The average molecular weight is 231 g/mol. The van der Waals surface area contributed by atoms with E-state index in [1.54, 1.807) is 0 Å². The Morgan fingerprint density at radius 2 is 1.88 bits per heavy atom. The molecule has 2 aromatic rings. The van der Waals surface area contributed by atoms with Crippen molar-refractivity contribution >= 4 is 22.5 Å². The Kier molecular flexibility index (Phi) is 4.25. The Hall–Kier alpha value is -0.990. The predicted octanol–water partition coefficient (Wildman–Crippen LogP) is 3.54. The number of hydrogen-bond donors (Lipinski definition) is 1. The first-order valence-corrected chi connectivity index (χ1v) is 6.71. The summed E-state index contributed by atoms with van der Waals surface area (Å²) < 4.78 is 0. The molecule has 0 aliphatic heterocycles. The summed E-state index contributed by atoms with van der Waals surface area (Å²) in [5, 5.41) is 5.98. The molecule has 1 N–H and O–H groups in total. The van der Waals surface area contributed by atoms with E-state index in [1.165, 1.54) is 15.7 Å². The maximum Gasteiger partial charge on any atom is 0.0106 e. The number of hydrogen-bond acceptors (Lipinski definition) is 2. The van der Waals surface area contributed by atoms with E-state index in [1.807, 2.05) is 11.8 Å². The van der Waals surface area contributed by atoms with Crippen molar-refractivity contribution in [3.05, 3.63) is 42.5 Å². The van der Waals surface area contributed by atoms with Crippen LogP contribution in [-0.4, -0.2) is 18.8 Å². The molecular weight excluding hydrogens is 214 g/mol. The molecule has 0 unspecified atom stereocenters. The molecule has 0 heterocycles. The number of thioether (sulfide) groups is 1. The van der Waals surface area contributed by atoms with Gasteiger partial charge in [0.1, 0.15) is 0 Å². The van der Waals surface area contributed by atoms with E-state index >= 15 is 0 Å². The fraction of sp³-hybridized carbons (Fsp3) is 0.286. The van der Waals surface area contributed by atoms with Gasteiger partial charge in [-0.3, -0.25) is 0 Å². The van der Waals surface area contributed by atoms with Crippen LogP contribution in [0.1, 0.15) is 6.92 Å². The first-order chi connectivity index (χ1) is 7.90. The van der Waals surface area contributed by atoms with Crippen molar-refractivity contribution in [1.82, 2.24) is 5.32 Å². The van der Waals surface area contributed by atoms with E-state index in [0.29, 0.717) is 0 Å². The molecule has 2 rings (SSSR count). The lowest BCUT2D eigenvalue weighted by Gasteiger charge is -2.04.